The van der Waals surface area contributed by atoms with E-state index in [1.807, 2.05) is 50.2 Å². The standard InChI is InChI=1S/C17H21NO2/c1-3-13(4-2)17(20,16(18)19)15-11-7-9-12-8-5-6-10-14(12)15/h5-11,13,20H,3-4H2,1-2H3,(H2,18,19). The summed E-state index contributed by atoms with van der Waals surface area (Å²) in [6.45, 7) is 3.93. The highest BCUT2D eigenvalue weighted by Crippen LogP contribution is 2.37. The third kappa shape index (κ3) is 2.18. The minimum Gasteiger partial charge on any atom is -0.375 e. The number of fused-ring (bicyclic) bond motifs is 1. The molecule has 0 aliphatic rings. The number of aliphatic hydroxyl groups is 1. The maximum atomic E-state index is 12.0. The third-order valence-corrected chi connectivity index (χ3v) is 4.15. The zero-order valence-corrected chi connectivity index (χ0v) is 12.0. The Kier molecular flexibility index (Phi) is 4.09. The first-order valence-corrected chi connectivity index (χ1v) is 7.06. The molecule has 1 unspecified atom stereocenters. The fraction of sp³-hybridized carbons (Fsp3) is 0.353. The first kappa shape index (κ1) is 14.5. The van der Waals surface area contributed by atoms with E-state index >= 15 is 0 Å². The second kappa shape index (κ2) is 5.63. The van der Waals surface area contributed by atoms with E-state index in [4.69, 9.17) is 5.73 Å². The van der Waals surface area contributed by atoms with Crippen LogP contribution in [0.1, 0.15) is 32.3 Å². The smallest absolute Gasteiger partial charge is 0.254 e. The van der Waals surface area contributed by atoms with Crippen LogP contribution >= 0.6 is 0 Å². The van der Waals surface area contributed by atoms with Crippen LogP contribution in [0.3, 0.4) is 0 Å². The molecule has 0 aliphatic carbocycles. The molecule has 106 valence electrons. The summed E-state index contributed by atoms with van der Waals surface area (Å²) in [5, 5.41) is 12.9. The van der Waals surface area contributed by atoms with Crippen LogP contribution in [-0.4, -0.2) is 11.0 Å². The number of hydrogen-bond acceptors (Lipinski definition) is 2. The molecule has 0 spiro atoms. The van der Waals surface area contributed by atoms with Gasteiger partial charge in [-0.15, -0.1) is 0 Å². The Bertz CT molecular complexity index is 614. The molecule has 3 heteroatoms. The second-order valence-electron chi connectivity index (χ2n) is 5.17. The fourth-order valence-electron chi connectivity index (χ4n) is 2.99. The summed E-state index contributed by atoms with van der Waals surface area (Å²) in [7, 11) is 0. The Morgan fingerprint density at radius 3 is 2.35 bits per heavy atom. The van der Waals surface area contributed by atoms with Gasteiger partial charge in [0.1, 0.15) is 0 Å². The Morgan fingerprint density at radius 1 is 1.15 bits per heavy atom. The van der Waals surface area contributed by atoms with Crippen molar-refractivity contribution < 1.29 is 9.90 Å². The Labute approximate surface area is 119 Å². The molecule has 0 saturated heterocycles. The lowest BCUT2D eigenvalue weighted by atomic mass is 9.76. The molecule has 0 aromatic heterocycles. The number of amides is 1. The number of hydrogen-bond donors (Lipinski definition) is 2. The highest BCUT2D eigenvalue weighted by Gasteiger charge is 2.43. The normalized spacial score (nSPS) is 14.4. The van der Waals surface area contributed by atoms with Gasteiger partial charge in [0.2, 0.25) is 0 Å². The number of carbonyl (C=O) groups excluding carboxylic acids is 1. The van der Waals surface area contributed by atoms with Gasteiger partial charge in [0, 0.05) is 11.5 Å². The minimum absolute atomic E-state index is 0.189. The molecule has 0 heterocycles. The van der Waals surface area contributed by atoms with Crippen LogP contribution in [0.25, 0.3) is 10.8 Å². The van der Waals surface area contributed by atoms with Crippen LogP contribution in [0.15, 0.2) is 42.5 Å². The van der Waals surface area contributed by atoms with E-state index in [0.29, 0.717) is 18.4 Å². The molecule has 0 fully saturated rings. The summed E-state index contributed by atoms with van der Waals surface area (Å²) in [5.41, 5.74) is 4.54. The van der Waals surface area contributed by atoms with Crippen molar-refractivity contribution in [1.82, 2.24) is 0 Å². The lowest BCUT2D eigenvalue weighted by Gasteiger charge is -2.33. The van der Waals surface area contributed by atoms with Crippen molar-refractivity contribution in [2.24, 2.45) is 11.7 Å². The molecule has 20 heavy (non-hydrogen) atoms. The summed E-state index contributed by atoms with van der Waals surface area (Å²) < 4.78 is 0. The average Bonchev–Trinajstić information content (AvgIpc) is 2.47. The summed E-state index contributed by atoms with van der Waals surface area (Å²) in [5.74, 6) is -0.867. The van der Waals surface area contributed by atoms with Crippen LogP contribution < -0.4 is 5.73 Å². The van der Waals surface area contributed by atoms with E-state index in [1.165, 1.54) is 0 Å². The van der Waals surface area contributed by atoms with Crippen molar-refractivity contribution in [3.8, 4) is 0 Å². The van der Waals surface area contributed by atoms with Gasteiger partial charge in [0.25, 0.3) is 5.91 Å². The predicted molar refractivity (Wildman–Crippen MR) is 81.1 cm³/mol. The molecule has 1 amide bonds. The number of nitrogens with two attached hydrogens (primary N) is 1. The van der Waals surface area contributed by atoms with E-state index in [1.54, 1.807) is 6.07 Å². The predicted octanol–water partition coefficient (Wildman–Crippen LogP) is 2.95. The highest BCUT2D eigenvalue weighted by atomic mass is 16.3. The Hall–Kier alpha value is -1.87. The summed E-state index contributed by atoms with van der Waals surface area (Å²) in [4.78, 5) is 12.0. The van der Waals surface area contributed by atoms with Crippen LogP contribution in [-0.2, 0) is 10.4 Å². The van der Waals surface area contributed by atoms with E-state index < -0.39 is 11.5 Å². The van der Waals surface area contributed by atoms with E-state index in [9.17, 15) is 9.90 Å². The van der Waals surface area contributed by atoms with Crippen LogP contribution in [0, 0.1) is 5.92 Å². The molecule has 2 aromatic carbocycles. The van der Waals surface area contributed by atoms with Crippen LogP contribution in [0.4, 0.5) is 0 Å². The van der Waals surface area contributed by atoms with Crippen molar-refractivity contribution in [1.29, 1.82) is 0 Å². The molecule has 2 aromatic rings. The summed E-state index contributed by atoms with van der Waals surface area (Å²) in [6.07, 6.45) is 1.39. The molecule has 3 N–H and O–H groups in total. The molecule has 0 radical (unpaired) electrons. The maximum Gasteiger partial charge on any atom is 0.254 e. The van der Waals surface area contributed by atoms with Crippen LogP contribution in [0.2, 0.25) is 0 Å². The lowest BCUT2D eigenvalue weighted by Crippen LogP contribution is -2.47. The van der Waals surface area contributed by atoms with Gasteiger partial charge in [-0.2, -0.15) is 0 Å². The molecular formula is C17H21NO2. The van der Waals surface area contributed by atoms with E-state index in [0.717, 1.165) is 10.8 Å². The first-order chi connectivity index (χ1) is 9.55. The molecule has 2 rings (SSSR count). The van der Waals surface area contributed by atoms with E-state index in [2.05, 4.69) is 0 Å². The van der Waals surface area contributed by atoms with Crippen molar-refractivity contribution in [3.05, 3.63) is 48.0 Å². The molecular weight excluding hydrogens is 250 g/mol. The zero-order valence-electron chi connectivity index (χ0n) is 12.0. The highest BCUT2D eigenvalue weighted by molar-refractivity contribution is 5.94. The molecule has 1 atom stereocenters. The van der Waals surface area contributed by atoms with Gasteiger partial charge >= 0.3 is 0 Å². The number of carbonyl (C=O) groups is 1. The van der Waals surface area contributed by atoms with Crippen molar-refractivity contribution >= 4 is 16.7 Å². The van der Waals surface area contributed by atoms with Gasteiger partial charge in [0.05, 0.1) is 0 Å². The first-order valence-electron chi connectivity index (χ1n) is 7.06. The summed E-state index contributed by atoms with van der Waals surface area (Å²) >= 11 is 0. The quantitative estimate of drug-likeness (QED) is 0.878. The van der Waals surface area contributed by atoms with Crippen LogP contribution in [0.5, 0.6) is 0 Å². The monoisotopic (exact) mass is 271 g/mol. The number of rotatable bonds is 5. The van der Waals surface area contributed by atoms with Crippen molar-refractivity contribution in [2.75, 3.05) is 0 Å². The number of primary amides is 1. The van der Waals surface area contributed by atoms with Gasteiger partial charge in [-0.25, -0.2) is 0 Å². The van der Waals surface area contributed by atoms with Gasteiger partial charge < -0.3 is 10.8 Å². The fourth-order valence-corrected chi connectivity index (χ4v) is 2.99. The van der Waals surface area contributed by atoms with Gasteiger partial charge in [-0.1, -0.05) is 56.3 Å². The topological polar surface area (TPSA) is 63.3 Å². The second-order valence-corrected chi connectivity index (χ2v) is 5.17. The average molecular weight is 271 g/mol. The molecule has 3 nitrogen and oxygen atoms in total. The Morgan fingerprint density at radius 2 is 1.75 bits per heavy atom. The van der Waals surface area contributed by atoms with E-state index in [-0.39, 0.29) is 5.92 Å². The molecule has 0 saturated carbocycles. The lowest BCUT2D eigenvalue weighted by molar-refractivity contribution is -0.144. The van der Waals surface area contributed by atoms with Crippen molar-refractivity contribution in [2.45, 2.75) is 32.3 Å². The molecule has 0 aliphatic heterocycles. The SMILES string of the molecule is CCC(CC)C(O)(C(N)=O)c1cccc2ccccc12. The molecule has 0 bridgehead atoms. The largest absolute Gasteiger partial charge is 0.375 e. The van der Waals surface area contributed by atoms with Gasteiger partial charge in [-0.3, -0.25) is 4.79 Å². The summed E-state index contributed by atoms with van der Waals surface area (Å²) in [6, 6.07) is 13.3. The van der Waals surface area contributed by atoms with Gasteiger partial charge in [-0.05, 0) is 23.6 Å². The maximum absolute atomic E-state index is 12.0. The van der Waals surface area contributed by atoms with Gasteiger partial charge in [0.15, 0.2) is 5.60 Å². The Balaban J connectivity index is 2.73. The number of benzene rings is 2. The van der Waals surface area contributed by atoms with Crippen molar-refractivity contribution in [3.63, 3.8) is 0 Å². The third-order valence-electron chi connectivity index (χ3n) is 4.15. The zero-order chi connectivity index (χ0) is 14.8. The minimum atomic E-state index is -1.62.